The lowest BCUT2D eigenvalue weighted by Crippen LogP contribution is -2.41. The number of aliphatic hydroxyl groups excluding tert-OH is 1. The lowest BCUT2D eigenvalue weighted by Gasteiger charge is -2.16. The molecule has 0 aromatic heterocycles. The Labute approximate surface area is 42.1 Å². The smallest absolute Gasteiger partial charge is 0.182 e. The van der Waals surface area contributed by atoms with Gasteiger partial charge in [0, 0.05) is 0 Å². The normalized spacial score (nSPS) is 23.6. The Kier molecular flexibility index (Phi) is 1.72. The molecule has 3 heteroatoms. The highest BCUT2D eigenvalue weighted by molar-refractivity contribution is 4.69. The second kappa shape index (κ2) is 1.76. The van der Waals surface area contributed by atoms with Gasteiger partial charge in [-0.2, -0.15) is 0 Å². The van der Waals surface area contributed by atoms with Crippen LogP contribution in [0.3, 0.4) is 0 Å². The van der Waals surface area contributed by atoms with Gasteiger partial charge in [-0.3, -0.25) is 5.73 Å². The van der Waals surface area contributed by atoms with Crippen molar-refractivity contribution in [2.75, 3.05) is 0 Å². The van der Waals surface area contributed by atoms with Crippen LogP contribution >= 0.6 is 0 Å². The van der Waals surface area contributed by atoms with Gasteiger partial charge < -0.3 is 5.11 Å². The first kappa shape index (κ1) is 6.85. The van der Waals surface area contributed by atoms with Crippen molar-refractivity contribution in [3.05, 3.63) is 0 Å². The average molecular weight is 107 g/mol. The lowest BCUT2D eigenvalue weighted by molar-refractivity contribution is 0.0216. The van der Waals surface area contributed by atoms with Crippen LogP contribution in [0.2, 0.25) is 0 Å². The predicted molar refractivity (Wildman–Crippen MR) is 25.4 cm³/mol. The molecule has 7 heavy (non-hydrogen) atoms. The van der Waals surface area contributed by atoms with Gasteiger partial charge in [0.05, 0.1) is 6.10 Å². The van der Waals surface area contributed by atoms with Crippen LogP contribution in [0, 0.1) is 0 Å². The van der Waals surface area contributed by atoms with E-state index in [0.717, 1.165) is 6.92 Å². The van der Waals surface area contributed by atoms with Crippen LogP contribution in [0.5, 0.6) is 0 Å². The first-order chi connectivity index (χ1) is 2.94. The third-order valence-electron chi connectivity index (χ3n) is 0.817. The van der Waals surface area contributed by atoms with Gasteiger partial charge in [0.1, 0.15) is 0 Å². The minimum absolute atomic E-state index is 1.09. The second-order valence-electron chi connectivity index (χ2n) is 1.83. The molecule has 0 fully saturated rings. The maximum atomic E-state index is 12.0. The zero-order valence-electron chi connectivity index (χ0n) is 4.48. The lowest BCUT2D eigenvalue weighted by atomic mass is 10.2. The molecule has 0 radical (unpaired) electrons. The summed E-state index contributed by atoms with van der Waals surface area (Å²) in [6.07, 6.45) is -1.09. The molecule has 0 saturated carbocycles. The molecule has 0 spiro atoms. The van der Waals surface area contributed by atoms with E-state index in [2.05, 4.69) is 0 Å². The molecule has 1 unspecified atom stereocenters. The predicted octanol–water partition coefficient (Wildman–Crippen LogP) is 0.0116. The number of alkyl halides is 1. The topological polar surface area (TPSA) is 46.2 Å². The summed E-state index contributed by atoms with van der Waals surface area (Å²) in [7, 11) is 0. The van der Waals surface area contributed by atoms with Crippen LogP contribution < -0.4 is 5.73 Å². The van der Waals surface area contributed by atoms with E-state index in [1.165, 1.54) is 6.92 Å². The summed E-state index contributed by atoms with van der Waals surface area (Å²) in [4.78, 5) is 0. The van der Waals surface area contributed by atoms with Gasteiger partial charge in [-0.05, 0) is 13.8 Å². The van der Waals surface area contributed by atoms with Crippen molar-refractivity contribution in [1.29, 1.82) is 0 Å². The molecular weight excluding hydrogens is 97.0 g/mol. The fourth-order valence-corrected chi connectivity index (χ4v) is 0. The molecule has 0 aliphatic rings. The quantitative estimate of drug-likeness (QED) is 0.464. The Morgan fingerprint density at radius 1 is 1.86 bits per heavy atom. The summed E-state index contributed by atoms with van der Waals surface area (Å²) in [5.74, 6) is -1.94. The first-order valence-corrected chi connectivity index (χ1v) is 2.10. The second-order valence-corrected chi connectivity index (χ2v) is 1.83. The molecule has 0 bridgehead atoms. The Hall–Kier alpha value is -0.150. The van der Waals surface area contributed by atoms with E-state index in [1.54, 1.807) is 0 Å². The Balaban J connectivity index is 3.54. The Bertz CT molecular complexity index is 57.2. The molecule has 0 aromatic rings. The van der Waals surface area contributed by atoms with E-state index in [9.17, 15) is 4.39 Å². The summed E-state index contributed by atoms with van der Waals surface area (Å²) in [6, 6.07) is 0. The SMILES string of the molecule is C[C@H](O)C(C)(N)F. The summed E-state index contributed by atoms with van der Waals surface area (Å²) < 4.78 is 12.0. The van der Waals surface area contributed by atoms with E-state index in [1.807, 2.05) is 0 Å². The number of halogens is 1. The molecular formula is C4H10FNO. The zero-order valence-corrected chi connectivity index (χ0v) is 4.48. The number of hydrogen-bond donors (Lipinski definition) is 2. The average Bonchev–Trinajstić information content (AvgIpc) is 1.31. The monoisotopic (exact) mass is 107 g/mol. The first-order valence-electron chi connectivity index (χ1n) is 2.10. The van der Waals surface area contributed by atoms with Crippen LogP contribution in [0.15, 0.2) is 0 Å². The van der Waals surface area contributed by atoms with Crippen molar-refractivity contribution >= 4 is 0 Å². The number of hydrogen-bond acceptors (Lipinski definition) is 2. The molecule has 0 saturated heterocycles. The molecule has 0 aliphatic heterocycles. The number of nitrogens with two attached hydrogens (primary N) is 1. The van der Waals surface area contributed by atoms with E-state index in [0.29, 0.717) is 0 Å². The highest BCUT2D eigenvalue weighted by atomic mass is 19.1. The van der Waals surface area contributed by atoms with Crippen LogP contribution in [0.4, 0.5) is 4.39 Å². The van der Waals surface area contributed by atoms with Gasteiger partial charge in [-0.1, -0.05) is 0 Å². The van der Waals surface area contributed by atoms with Crippen LogP contribution in [0.1, 0.15) is 13.8 Å². The fraction of sp³-hybridized carbons (Fsp3) is 1.00. The van der Waals surface area contributed by atoms with Crippen LogP contribution in [-0.4, -0.2) is 17.0 Å². The van der Waals surface area contributed by atoms with Crippen molar-refractivity contribution < 1.29 is 9.50 Å². The van der Waals surface area contributed by atoms with Gasteiger partial charge in [-0.15, -0.1) is 0 Å². The van der Waals surface area contributed by atoms with Crippen molar-refractivity contribution in [3.8, 4) is 0 Å². The minimum Gasteiger partial charge on any atom is -0.389 e. The number of aliphatic hydroxyl groups is 1. The highest BCUT2D eigenvalue weighted by Crippen LogP contribution is 2.04. The molecule has 0 aromatic carbocycles. The standard InChI is InChI=1S/C4H10FNO/c1-3(7)4(2,5)6/h3,7H,6H2,1-2H3/t3-,4?/m0/s1. The summed E-state index contributed by atoms with van der Waals surface area (Å²) in [5, 5.41) is 8.39. The molecule has 0 heterocycles. The zero-order chi connectivity index (χ0) is 6.08. The van der Waals surface area contributed by atoms with E-state index in [-0.39, 0.29) is 0 Å². The fourth-order valence-electron chi connectivity index (χ4n) is 0. The van der Waals surface area contributed by atoms with Crippen molar-refractivity contribution in [2.45, 2.75) is 25.7 Å². The van der Waals surface area contributed by atoms with Crippen molar-refractivity contribution in [1.82, 2.24) is 0 Å². The molecule has 44 valence electrons. The van der Waals surface area contributed by atoms with Crippen LogP contribution in [0.25, 0.3) is 0 Å². The third-order valence-corrected chi connectivity index (χ3v) is 0.817. The molecule has 0 rings (SSSR count). The van der Waals surface area contributed by atoms with E-state index in [4.69, 9.17) is 10.8 Å². The summed E-state index contributed by atoms with van der Waals surface area (Å²) in [5.41, 5.74) is 4.76. The minimum atomic E-state index is -1.94. The van der Waals surface area contributed by atoms with Crippen molar-refractivity contribution in [2.24, 2.45) is 5.73 Å². The van der Waals surface area contributed by atoms with Gasteiger partial charge in [-0.25, -0.2) is 4.39 Å². The molecule has 0 aliphatic carbocycles. The largest absolute Gasteiger partial charge is 0.389 e. The van der Waals surface area contributed by atoms with Gasteiger partial charge in [0.25, 0.3) is 0 Å². The Morgan fingerprint density at radius 3 is 2.00 bits per heavy atom. The van der Waals surface area contributed by atoms with E-state index >= 15 is 0 Å². The molecule has 2 nitrogen and oxygen atoms in total. The van der Waals surface area contributed by atoms with Crippen molar-refractivity contribution in [3.63, 3.8) is 0 Å². The molecule has 0 amide bonds. The maximum absolute atomic E-state index is 12.0. The molecule has 3 N–H and O–H groups in total. The number of rotatable bonds is 1. The van der Waals surface area contributed by atoms with E-state index < -0.39 is 11.9 Å². The third kappa shape index (κ3) is 2.53. The van der Waals surface area contributed by atoms with Gasteiger partial charge >= 0.3 is 0 Å². The van der Waals surface area contributed by atoms with Crippen LogP contribution in [-0.2, 0) is 0 Å². The van der Waals surface area contributed by atoms with Gasteiger partial charge in [0.2, 0.25) is 0 Å². The van der Waals surface area contributed by atoms with Gasteiger partial charge in [0.15, 0.2) is 5.79 Å². The summed E-state index contributed by atoms with van der Waals surface area (Å²) in [6.45, 7) is 2.43. The highest BCUT2D eigenvalue weighted by Gasteiger charge is 2.22. The Morgan fingerprint density at radius 2 is 2.00 bits per heavy atom. The summed E-state index contributed by atoms with van der Waals surface area (Å²) >= 11 is 0. The molecule has 2 atom stereocenters. The maximum Gasteiger partial charge on any atom is 0.182 e.